The SMILES string of the molecule is C=CCN1CCC23CC(=O)CC[C@@]2(O)C1Cc1ccc(C(N)=O)c(O)c13. The number of amides is 1. The summed E-state index contributed by atoms with van der Waals surface area (Å²) >= 11 is 0. The zero-order chi connectivity index (χ0) is 18.7. The molecule has 3 atom stereocenters. The first-order valence-corrected chi connectivity index (χ1v) is 9.08. The predicted octanol–water partition coefficient (Wildman–Crippen LogP) is 1.03. The summed E-state index contributed by atoms with van der Waals surface area (Å²) in [7, 11) is 0. The van der Waals surface area contributed by atoms with Crippen LogP contribution in [0.4, 0.5) is 0 Å². The number of carbonyl (C=O) groups is 2. The van der Waals surface area contributed by atoms with Crippen LogP contribution >= 0.6 is 0 Å². The monoisotopic (exact) mass is 356 g/mol. The van der Waals surface area contributed by atoms with Gasteiger partial charge in [-0.05, 0) is 37.4 Å². The molecule has 1 aliphatic heterocycles. The number of fused-ring (bicyclic) bond motifs is 1. The number of aromatic hydroxyl groups is 1. The van der Waals surface area contributed by atoms with Gasteiger partial charge in [-0.15, -0.1) is 6.58 Å². The molecular formula is C20H24N2O4. The number of aliphatic hydroxyl groups is 1. The number of carbonyl (C=O) groups excluding carboxylic acids is 2. The topological polar surface area (TPSA) is 104 Å². The minimum atomic E-state index is -1.12. The lowest BCUT2D eigenvalue weighted by atomic mass is 9.49. The molecule has 3 aliphatic rings. The maximum Gasteiger partial charge on any atom is 0.252 e. The first-order valence-electron chi connectivity index (χ1n) is 9.08. The van der Waals surface area contributed by atoms with E-state index < -0.39 is 16.9 Å². The second-order valence-electron chi connectivity index (χ2n) is 7.84. The van der Waals surface area contributed by atoms with Gasteiger partial charge in [0.15, 0.2) is 0 Å². The third kappa shape index (κ3) is 2.06. The smallest absolute Gasteiger partial charge is 0.252 e. The summed E-state index contributed by atoms with van der Waals surface area (Å²) in [6.07, 6.45) is 3.81. The lowest BCUT2D eigenvalue weighted by Crippen LogP contribution is -2.73. The molecule has 1 saturated heterocycles. The molecule has 1 saturated carbocycles. The number of likely N-dealkylation sites (tertiary alicyclic amines) is 1. The van der Waals surface area contributed by atoms with Crippen molar-refractivity contribution in [1.29, 1.82) is 0 Å². The molecule has 6 nitrogen and oxygen atoms in total. The highest BCUT2D eigenvalue weighted by Gasteiger charge is 2.65. The number of ketones is 1. The van der Waals surface area contributed by atoms with Gasteiger partial charge in [0.25, 0.3) is 5.91 Å². The van der Waals surface area contributed by atoms with Crippen LogP contribution in [-0.2, 0) is 16.6 Å². The van der Waals surface area contributed by atoms with Gasteiger partial charge in [-0.2, -0.15) is 0 Å². The number of hydrogen-bond donors (Lipinski definition) is 3. The Morgan fingerprint density at radius 2 is 2.19 bits per heavy atom. The minimum absolute atomic E-state index is 0.0467. The number of nitrogens with two attached hydrogens (primary N) is 1. The van der Waals surface area contributed by atoms with Gasteiger partial charge in [0.05, 0.1) is 11.2 Å². The van der Waals surface area contributed by atoms with E-state index in [1.807, 2.05) is 6.08 Å². The van der Waals surface area contributed by atoms with Crippen LogP contribution < -0.4 is 5.73 Å². The van der Waals surface area contributed by atoms with Crippen molar-refractivity contribution >= 4 is 11.7 Å². The molecule has 1 amide bonds. The van der Waals surface area contributed by atoms with Crippen LogP contribution in [0.25, 0.3) is 0 Å². The molecule has 2 bridgehead atoms. The van der Waals surface area contributed by atoms with Crippen LogP contribution in [0, 0.1) is 0 Å². The molecular weight excluding hydrogens is 332 g/mol. The number of phenols is 1. The van der Waals surface area contributed by atoms with Crippen LogP contribution in [0.15, 0.2) is 24.8 Å². The van der Waals surface area contributed by atoms with Crippen molar-refractivity contribution in [3.05, 3.63) is 41.5 Å². The molecule has 26 heavy (non-hydrogen) atoms. The van der Waals surface area contributed by atoms with Gasteiger partial charge in [-0.3, -0.25) is 14.5 Å². The molecule has 138 valence electrons. The fourth-order valence-corrected chi connectivity index (χ4v) is 5.59. The Morgan fingerprint density at radius 1 is 1.42 bits per heavy atom. The summed E-state index contributed by atoms with van der Waals surface area (Å²) < 4.78 is 0. The van der Waals surface area contributed by atoms with E-state index in [0.29, 0.717) is 44.3 Å². The number of Topliss-reactive ketones (excluding diaryl/α,β-unsaturated/α-hetero) is 1. The molecule has 1 aromatic carbocycles. The molecule has 0 radical (unpaired) electrons. The van der Waals surface area contributed by atoms with E-state index in [1.165, 1.54) is 6.07 Å². The van der Waals surface area contributed by atoms with E-state index in [-0.39, 0.29) is 29.6 Å². The molecule has 4 N–H and O–H groups in total. The summed E-state index contributed by atoms with van der Waals surface area (Å²) in [6.45, 7) is 5.18. The molecule has 1 aromatic rings. The Balaban J connectivity index is 1.97. The first-order chi connectivity index (χ1) is 12.3. The average molecular weight is 356 g/mol. The maximum absolute atomic E-state index is 12.4. The molecule has 6 heteroatoms. The van der Waals surface area contributed by atoms with E-state index in [2.05, 4.69) is 11.5 Å². The fourth-order valence-electron chi connectivity index (χ4n) is 5.59. The molecule has 4 rings (SSSR count). The second-order valence-corrected chi connectivity index (χ2v) is 7.84. The Hall–Kier alpha value is -2.18. The third-order valence-corrected chi connectivity index (χ3v) is 6.72. The van der Waals surface area contributed by atoms with E-state index in [9.17, 15) is 19.8 Å². The Bertz CT molecular complexity index is 820. The van der Waals surface area contributed by atoms with Crippen LogP contribution in [-0.4, -0.2) is 51.5 Å². The summed E-state index contributed by atoms with van der Waals surface area (Å²) in [4.78, 5) is 26.3. The van der Waals surface area contributed by atoms with Crippen molar-refractivity contribution in [3.8, 4) is 5.75 Å². The zero-order valence-electron chi connectivity index (χ0n) is 14.7. The van der Waals surface area contributed by atoms with Crippen LogP contribution in [0.2, 0.25) is 0 Å². The largest absolute Gasteiger partial charge is 0.507 e. The molecule has 0 spiro atoms. The highest BCUT2D eigenvalue weighted by Crippen LogP contribution is 2.59. The summed E-state index contributed by atoms with van der Waals surface area (Å²) in [6, 6.07) is 3.20. The number of nitrogens with zero attached hydrogens (tertiary/aromatic N) is 1. The number of benzene rings is 1. The Morgan fingerprint density at radius 3 is 2.88 bits per heavy atom. The maximum atomic E-state index is 12.4. The highest BCUT2D eigenvalue weighted by molar-refractivity contribution is 5.96. The van der Waals surface area contributed by atoms with E-state index in [1.54, 1.807) is 6.07 Å². The van der Waals surface area contributed by atoms with Gasteiger partial charge in [0, 0.05) is 36.4 Å². The van der Waals surface area contributed by atoms with Crippen molar-refractivity contribution in [2.45, 2.75) is 49.2 Å². The van der Waals surface area contributed by atoms with Crippen LogP contribution in [0.5, 0.6) is 5.75 Å². The first kappa shape index (κ1) is 17.2. The zero-order valence-corrected chi connectivity index (χ0v) is 14.7. The summed E-state index contributed by atoms with van der Waals surface area (Å²) in [5.41, 5.74) is 4.91. The molecule has 0 aromatic heterocycles. The quantitative estimate of drug-likeness (QED) is 0.702. The Kier molecular flexibility index (Phi) is 3.75. The predicted molar refractivity (Wildman–Crippen MR) is 96.0 cm³/mol. The number of rotatable bonds is 3. The highest BCUT2D eigenvalue weighted by atomic mass is 16.3. The molecule has 2 fully saturated rings. The lowest BCUT2D eigenvalue weighted by Gasteiger charge is -2.63. The standard InChI is InChI=1S/C20H24N2O4/c1-2-8-22-9-7-19-11-13(23)5-6-20(19,26)15(22)10-12-3-4-14(18(21)25)17(24)16(12)19/h2-4,15,24,26H,1,5-11H2,(H2,21,25)/t15?,19?,20-/m1/s1. The van der Waals surface area contributed by atoms with E-state index in [0.717, 1.165) is 5.56 Å². The van der Waals surface area contributed by atoms with Crippen molar-refractivity contribution in [1.82, 2.24) is 4.90 Å². The summed E-state index contributed by atoms with van der Waals surface area (Å²) in [5, 5.41) is 22.7. The molecule has 2 aliphatic carbocycles. The normalized spacial score (nSPS) is 33.3. The Labute approximate surface area is 152 Å². The van der Waals surface area contributed by atoms with Gasteiger partial charge in [-0.1, -0.05) is 12.1 Å². The van der Waals surface area contributed by atoms with Gasteiger partial charge < -0.3 is 15.9 Å². The van der Waals surface area contributed by atoms with E-state index >= 15 is 0 Å². The van der Waals surface area contributed by atoms with Crippen LogP contribution in [0.3, 0.4) is 0 Å². The fraction of sp³-hybridized carbons (Fsp3) is 0.500. The van der Waals surface area contributed by atoms with Gasteiger partial charge in [0.1, 0.15) is 11.5 Å². The minimum Gasteiger partial charge on any atom is -0.507 e. The number of piperidine rings is 1. The molecule has 2 unspecified atom stereocenters. The number of hydrogen-bond acceptors (Lipinski definition) is 5. The number of primary amides is 1. The van der Waals surface area contributed by atoms with Gasteiger partial charge >= 0.3 is 0 Å². The van der Waals surface area contributed by atoms with Crippen molar-refractivity contribution in [2.75, 3.05) is 13.1 Å². The lowest BCUT2D eigenvalue weighted by molar-refractivity contribution is -0.171. The van der Waals surface area contributed by atoms with Crippen molar-refractivity contribution in [2.24, 2.45) is 5.73 Å². The van der Waals surface area contributed by atoms with Gasteiger partial charge in [-0.25, -0.2) is 0 Å². The van der Waals surface area contributed by atoms with Crippen molar-refractivity contribution < 1.29 is 19.8 Å². The van der Waals surface area contributed by atoms with Crippen LogP contribution in [0.1, 0.15) is 47.2 Å². The average Bonchev–Trinajstić information content (AvgIpc) is 2.57. The van der Waals surface area contributed by atoms with Gasteiger partial charge in [0.2, 0.25) is 0 Å². The molecule has 1 heterocycles. The third-order valence-electron chi connectivity index (χ3n) is 6.72. The second kappa shape index (κ2) is 5.66. The van der Waals surface area contributed by atoms with Crippen molar-refractivity contribution in [3.63, 3.8) is 0 Å². The summed E-state index contributed by atoms with van der Waals surface area (Å²) in [5.74, 6) is -0.792. The van der Waals surface area contributed by atoms with E-state index in [4.69, 9.17) is 5.73 Å².